The van der Waals surface area contributed by atoms with Gasteiger partial charge in [-0.05, 0) is 29.8 Å². The molecule has 0 saturated carbocycles. The summed E-state index contributed by atoms with van der Waals surface area (Å²) in [5, 5.41) is 0. The quantitative estimate of drug-likeness (QED) is 0.685. The fourth-order valence-electron chi connectivity index (χ4n) is 2.42. The smallest absolute Gasteiger partial charge is 0.406 e. The normalized spacial score (nSPS) is 11.3. The van der Waals surface area contributed by atoms with E-state index < -0.39 is 6.36 Å². The Morgan fingerprint density at radius 3 is 2.48 bits per heavy atom. The number of imidazole rings is 1. The van der Waals surface area contributed by atoms with Gasteiger partial charge in [0, 0.05) is 32.2 Å². The Balaban J connectivity index is 1.63. The van der Waals surface area contributed by atoms with E-state index in [1.807, 2.05) is 0 Å². The van der Waals surface area contributed by atoms with Crippen molar-refractivity contribution < 1.29 is 22.7 Å². The first-order valence-corrected chi connectivity index (χ1v) is 7.86. The molecule has 6 nitrogen and oxygen atoms in total. The average molecular weight is 376 g/mol. The van der Waals surface area contributed by atoms with Gasteiger partial charge < -0.3 is 9.64 Å². The van der Waals surface area contributed by atoms with Crippen molar-refractivity contribution in [2.24, 2.45) is 0 Å². The number of aromatic nitrogens is 3. The molecular weight excluding hydrogens is 361 g/mol. The van der Waals surface area contributed by atoms with Crippen LogP contribution in [0, 0.1) is 0 Å². The molecule has 0 aliphatic heterocycles. The summed E-state index contributed by atoms with van der Waals surface area (Å²) < 4.78 is 42.1. The average Bonchev–Trinajstić information content (AvgIpc) is 3.16. The van der Waals surface area contributed by atoms with Gasteiger partial charge in [0.15, 0.2) is 0 Å². The summed E-state index contributed by atoms with van der Waals surface area (Å²) >= 11 is 0. The van der Waals surface area contributed by atoms with Crippen molar-refractivity contribution in [2.75, 3.05) is 7.05 Å². The minimum absolute atomic E-state index is 0.231. The van der Waals surface area contributed by atoms with Crippen LogP contribution in [0.3, 0.4) is 0 Å². The van der Waals surface area contributed by atoms with Crippen molar-refractivity contribution in [3.8, 4) is 11.6 Å². The van der Waals surface area contributed by atoms with Crippen LogP contribution in [0.15, 0.2) is 61.3 Å². The monoisotopic (exact) mass is 376 g/mol. The first-order chi connectivity index (χ1) is 12.8. The molecule has 1 aromatic carbocycles. The maximum Gasteiger partial charge on any atom is 0.573 e. The molecule has 0 saturated heterocycles. The van der Waals surface area contributed by atoms with E-state index in [9.17, 15) is 18.0 Å². The number of halogens is 3. The Labute approximate surface area is 152 Å². The number of hydrogen-bond donors (Lipinski definition) is 0. The Morgan fingerprint density at radius 1 is 1.19 bits per heavy atom. The van der Waals surface area contributed by atoms with Crippen LogP contribution >= 0.6 is 0 Å². The highest BCUT2D eigenvalue weighted by molar-refractivity contribution is 5.93. The highest BCUT2D eigenvalue weighted by Crippen LogP contribution is 2.23. The molecule has 0 fully saturated rings. The van der Waals surface area contributed by atoms with Crippen molar-refractivity contribution in [3.63, 3.8) is 0 Å². The summed E-state index contributed by atoms with van der Waals surface area (Å²) in [6.45, 7) is 0.231. The number of pyridine rings is 1. The van der Waals surface area contributed by atoms with Gasteiger partial charge in [-0.2, -0.15) is 0 Å². The second kappa shape index (κ2) is 7.48. The molecule has 0 N–H and O–H groups in total. The van der Waals surface area contributed by atoms with Crippen LogP contribution in [0.2, 0.25) is 0 Å². The third-order valence-electron chi connectivity index (χ3n) is 3.69. The van der Waals surface area contributed by atoms with Gasteiger partial charge in [0.2, 0.25) is 0 Å². The lowest BCUT2D eigenvalue weighted by molar-refractivity contribution is -0.274. The molecule has 0 bridgehead atoms. The van der Waals surface area contributed by atoms with Crippen LogP contribution in [0.5, 0.6) is 5.75 Å². The number of rotatable bonds is 5. The zero-order valence-corrected chi connectivity index (χ0v) is 14.2. The summed E-state index contributed by atoms with van der Waals surface area (Å²) in [6, 6.07) is 8.73. The van der Waals surface area contributed by atoms with Crippen LogP contribution in [0.4, 0.5) is 13.2 Å². The van der Waals surface area contributed by atoms with E-state index in [4.69, 9.17) is 0 Å². The molecule has 1 amide bonds. The third kappa shape index (κ3) is 4.84. The van der Waals surface area contributed by atoms with E-state index >= 15 is 0 Å². The fraction of sp³-hybridized carbons (Fsp3) is 0.167. The minimum atomic E-state index is -4.73. The van der Waals surface area contributed by atoms with Crippen molar-refractivity contribution in [1.29, 1.82) is 0 Å². The first-order valence-electron chi connectivity index (χ1n) is 7.86. The largest absolute Gasteiger partial charge is 0.573 e. The highest BCUT2D eigenvalue weighted by atomic mass is 19.4. The predicted octanol–water partition coefficient (Wildman–Crippen LogP) is 3.44. The Bertz CT molecular complexity index is 892. The van der Waals surface area contributed by atoms with Crippen LogP contribution in [0.25, 0.3) is 5.82 Å². The zero-order chi connectivity index (χ0) is 19.4. The molecule has 0 aliphatic rings. The van der Waals surface area contributed by atoms with Gasteiger partial charge >= 0.3 is 6.36 Å². The Hall–Kier alpha value is -3.36. The van der Waals surface area contributed by atoms with Crippen molar-refractivity contribution in [1.82, 2.24) is 19.4 Å². The molecule has 140 valence electrons. The Kier molecular flexibility index (Phi) is 5.11. The summed E-state index contributed by atoms with van der Waals surface area (Å²) in [7, 11) is 1.60. The molecule has 27 heavy (non-hydrogen) atoms. The van der Waals surface area contributed by atoms with Crippen LogP contribution in [-0.4, -0.2) is 38.8 Å². The van der Waals surface area contributed by atoms with Crippen LogP contribution in [0.1, 0.15) is 15.9 Å². The molecule has 0 unspecified atom stereocenters. The summed E-state index contributed by atoms with van der Waals surface area (Å²) in [5.74, 6) is 0.0711. The van der Waals surface area contributed by atoms with Gasteiger partial charge in [-0.15, -0.1) is 13.2 Å². The lowest BCUT2D eigenvalue weighted by atomic mass is 10.2. The molecule has 0 spiro atoms. The van der Waals surface area contributed by atoms with Gasteiger partial charge in [0.1, 0.15) is 17.9 Å². The number of nitrogens with zero attached hydrogens (tertiary/aromatic N) is 4. The van der Waals surface area contributed by atoms with E-state index in [-0.39, 0.29) is 18.2 Å². The number of carbonyl (C=O) groups is 1. The number of ether oxygens (including phenoxy) is 1. The molecule has 3 rings (SSSR count). The number of alkyl halides is 3. The maximum atomic E-state index is 12.5. The lowest BCUT2D eigenvalue weighted by Gasteiger charge is -2.18. The molecule has 2 heterocycles. The lowest BCUT2D eigenvalue weighted by Crippen LogP contribution is -2.26. The van der Waals surface area contributed by atoms with Crippen LogP contribution < -0.4 is 4.74 Å². The summed E-state index contributed by atoms with van der Waals surface area (Å²) in [6.07, 6.45) is 1.70. The van der Waals surface area contributed by atoms with Gasteiger partial charge in [0.25, 0.3) is 5.91 Å². The molecule has 2 aromatic heterocycles. The highest BCUT2D eigenvalue weighted by Gasteiger charge is 2.30. The second-order valence-electron chi connectivity index (χ2n) is 5.73. The fourth-order valence-corrected chi connectivity index (χ4v) is 2.42. The topological polar surface area (TPSA) is 60.2 Å². The van der Waals surface area contributed by atoms with E-state index in [1.54, 1.807) is 42.5 Å². The number of hydrogen-bond acceptors (Lipinski definition) is 4. The van der Waals surface area contributed by atoms with Gasteiger partial charge in [-0.3, -0.25) is 9.36 Å². The standard InChI is InChI=1S/C18H15F3N4O2/c1-24(11-13-2-5-15(6-3-13)27-18(19,20)21)17(26)14-4-7-16(23-10-14)25-9-8-22-12-25/h2-10,12H,11H2,1H3. The van der Waals surface area contributed by atoms with Crippen molar-refractivity contribution >= 4 is 5.91 Å². The number of amides is 1. The molecular formula is C18H15F3N4O2. The van der Waals surface area contributed by atoms with Crippen LogP contribution in [-0.2, 0) is 6.54 Å². The summed E-state index contributed by atoms with van der Waals surface area (Å²) in [4.78, 5) is 22.1. The maximum absolute atomic E-state index is 12.5. The second-order valence-corrected chi connectivity index (χ2v) is 5.73. The van der Waals surface area contributed by atoms with E-state index in [0.717, 1.165) is 0 Å². The summed E-state index contributed by atoms with van der Waals surface area (Å²) in [5.41, 5.74) is 1.07. The number of carbonyl (C=O) groups excluding carboxylic acids is 1. The molecule has 9 heteroatoms. The zero-order valence-electron chi connectivity index (χ0n) is 14.2. The number of benzene rings is 1. The third-order valence-corrected chi connectivity index (χ3v) is 3.69. The van der Waals surface area contributed by atoms with Crippen molar-refractivity contribution in [2.45, 2.75) is 12.9 Å². The Morgan fingerprint density at radius 2 is 1.93 bits per heavy atom. The molecule has 0 aliphatic carbocycles. The SMILES string of the molecule is CN(Cc1ccc(OC(F)(F)F)cc1)C(=O)c1ccc(-n2ccnc2)nc1. The predicted molar refractivity (Wildman–Crippen MR) is 90.3 cm³/mol. The van der Waals surface area contributed by atoms with Crippen molar-refractivity contribution in [3.05, 3.63) is 72.4 Å². The van der Waals surface area contributed by atoms with Gasteiger partial charge in [-0.25, -0.2) is 9.97 Å². The van der Waals surface area contributed by atoms with E-state index in [2.05, 4.69) is 14.7 Å². The first kappa shape index (κ1) is 18.4. The molecule has 0 radical (unpaired) electrons. The van der Waals surface area contributed by atoms with E-state index in [1.165, 1.54) is 35.4 Å². The van der Waals surface area contributed by atoms with Gasteiger partial charge in [-0.1, -0.05) is 12.1 Å². The molecule has 3 aromatic rings. The minimum Gasteiger partial charge on any atom is -0.406 e. The van der Waals surface area contributed by atoms with E-state index in [0.29, 0.717) is 16.9 Å². The molecule has 0 atom stereocenters. The van der Waals surface area contributed by atoms with Gasteiger partial charge in [0.05, 0.1) is 5.56 Å².